The minimum Gasteiger partial charge on any atom is -0.491 e. The minimum atomic E-state index is -3.70. The number of anilines is 1. The second-order valence-corrected chi connectivity index (χ2v) is 10.7. The number of rotatable bonds is 9. The lowest BCUT2D eigenvalue weighted by Gasteiger charge is -2.41. The van der Waals surface area contributed by atoms with Crippen LogP contribution in [0.5, 0.6) is 11.5 Å². The molecule has 0 saturated carbocycles. The average Bonchev–Trinajstić information content (AvgIpc) is 2.76. The largest absolute Gasteiger partial charge is 0.491 e. The van der Waals surface area contributed by atoms with E-state index in [1.165, 1.54) is 0 Å². The monoisotopic (exact) mass is 474 g/mol. The molecule has 0 bridgehead atoms. The number of sulfonamides is 1. The van der Waals surface area contributed by atoms with Gasteiger partial charge in [-0.3, -0.25) is 9.10 Å². The summed E-state index contributed by atoms with van der Waals surface area (Å²) in [5.41, 5.74) is 0.918. The van der Waals surface area contributed by atoms with Gasteiger partial charge in [0, 0.05) is 18.1 Å². The Hall–Kier alpha value is -2.74. The maximum absolute atomic E-state index is 13.1. The standard InChI is InChI=1S/C25H34N2O5S/c1-6-25(7-2)16-22(21-13-8-9-14-23(21)32-25)26-24(28)17-27(33(5,29)30)19-11-10-12-20(15-19)31-18(3)4/h8-15,18,22H,6-7,16-17H2,1-5H3,(H,26,28)/t22-/m0/s1. The fraction of sp³-hybridized carbons (Fsp3) is 0.480. The first kappa shape index (κ1) is 24.9. The van der Waals surface area contributed by atoms with Crippen LogP contribution in [-0.2, 0) is 14.8 Å². The highest BCUT2D eigenvalue weighted by Crippen LogP contribution is 2.42. The van der Waals surface area contributed by atoms with Crippen LogP contribution in [0.15, 0.2) is 48.5 Å². The third kappa shape index (κ3) is 5.99. The van der Waals surface area contributed by atoms with Gasteiger partial charge in [0.15, 0.2) is 0 Å². The Morgan fingerprint density at radius 2 is 1.88 bits per heavy atom. The molecule has 0 saturated heterocycles. The molecule has 7 nitrogen and oxygen atoms in total. The topological polar surface area (TPSA) is 84.9 Å². The van der Waals surface area contributed by atoms with Crippen LogP contribution in [0.4, 0.5) is 5.69 Å². The van der Waals surface area contributed by atoms with Crippen LogP contribution >= 0.6 is 0 Å². The van der Waals surface area contributed by atoms with Crippen molar-refractivity contribution < 1.29 is 22.7 Å². The third-order valence-corrected chi connectivity index (χ3v) is 7.13. The van der Waals surface area contributed by atoms with Crippen molar-refractivity contribution in [2.45, 2.75) is 64.7 Å². The molecule has 0 spiro atoms. The van der Waals surface area contributed by atoms with Gasteiger partial charge in [0.05, 0.1) is 24.1 Å². The number of carbonyl (C=O) groups excluding carboxylic acids is 1. The van der Waals surface area contributed by atoms with Gasteiger partial charge in [-0.25, -0.2) is 8.42 Å². The molecule has 1 amide bonds. The van der Waals surface area contributed by atoms with E-state index in [1.807, 2.05) is 38.1 Å². The van der Waals surface area contributed by atoms with Crippen LogP contribution in [0.25, 0.3) is 0 Å². The van der Waals surface area contributed by atoms with E-state index in [1.54, 1.807) is 24.3 Å². The highest BCUT2D eigenvalue weighted by molar-refractivity contribution is 7.92. The number of carbonyl (C=O) groups is 1. The Morgan fingerprint density at radius 1 is 1.18 bits per heavy atom. The van der Waals surface area contributed by atoms with Crippen molar-refractivity contribution in [2.24, 2.45) is 0 Å². The van der Waals surface area contributed by atoms with Gasteiger partial charge >= 0.3 is 0 Å². The van der Waals surface area contributed by atoms with Crippen molar-refractivity contribution in [1.82, 2.24) is 5.32 Å². The third-order valence-electron chi connectivity index (χ3n) is 5.99. The van der Waals surface area contributed by atoms with Crippen molar-refractivity contribution in [3.8, 4) is 11.5 Å². The van der Waals surface area contributed by atoms with Crippen molar-refractivity contribution >= 4 is 21.6 Å². The fourth-order valence-electron chi connectivity index (χ4n) is 4.18. The molecule has 0 unspecified atom stereocenters. The smallest absolute Gasteiger partial charge is 0.241 e. The number of hydrogen-bond acceptors (Lipinski definition) is 5. The number of fused-ring (bicyclic) bond motifs is 1. The normalized spacial score (nSPS) is 17.1. The van der Waals surface area contributed by atoms with E-state index < -0.39 is 10.0 Å². The first-order valence-electron chi connectivity index (χ1n) is 11.4. The Bertz CT molecular complexity index is 1080. The summed E-state index contributed by atoms with van der Waals surface area (Å²) in [5, 5.41) is 3.06. The van der Waals surface area contributed by atoms with Gasteiger partial charge in [0.2, 0.25) is 15.9 Å². The van der Waals surface area contributed by atoms with Crippen LogP contribution in [-0.4, -0.2) is 38.8 Å². The van der Waals surface area contributed by atoms with Gasteiger partial charge in [-0.15, -0.1) is 0 Å². The second kappa shape index (κ2) is 10.0. The summed E-state index contributed by atoms with van der Waals surface area (Å²) in [5.74, 6) is 0.931. The molecule has 1 aliphatic heterocycles. The zero-order chi connectivity index (χ0) is 24.2. The maximum atomic E-state index is 13.1. The summed E-state index contributed by atoms with van der Waals surface area (Å²) in [4.78, 5) is 13.1. The average molecular weight is 475 g/mol. The van der Waals surface area contributed by atoms with E-state index in [4.69, 9.17) is 9.47 Å². The lowest BCUT2D eigenvalue weighted by Crippen LogP contribution is -2.47. The number of hydrogen-bond donors (Lipinski definition) is 1. The van der Waals surface area contributed by atoms with Crippen LogP contribution in [0.3, 0.4) is 0 Å². The lowest BCUT2D eigenvalue weighted by molar-refractivity contribution is -0.121. The van der Waals surface area contributed by atoms with E-state index in [2.05, 4.69) is 19.2 Å². The van der Waals surface area contributed by atoms with Crippen molar-refractivity contribution in [2.75, 3.05) is 17.1 Å². The quantitative estimate of drug-likeness (QED) is 0.581. The molecule has 3 rings (SSSR count). The van der Waals surface area contributed by atoms with E-state index in [-0.39, 0.29) is 30.2 Å². The van der Waals surface area contributed by atoms with Crippen LogP contribution in [0.2, 0.25) is 0 Å². The number of benzene rings is 2. The Morgan fingerprint density at radius 3 is 2.52 bits per heavy atom. The Labute approximate surface area is 197 Å². The van der Waals surface area contributed by atoms with Crippen molar-refractivity contribution in [3.63, 3.8) is 0 Å². The first-order valence-corrected chi connectivity index (χ1v) is 13.2. The molecule has 0 radical (unpaired) electrons. The number of amides is 1. The van der Waals surface area contributed by atoms with Crippen LogP contribution in [0, 0.1) is 0 Å². The van der Waals surface area contributed by atoms with Crippen LogP contribution < -0.4 is 19.1 Å². The maximum Gasteiger partial charge on any atom is 0.241 e. The van der Waals surface area contributed by atoms with Gasteiger partial charge in [0.25, 0.3) is 0 Å². The molecule has 1 atom stereocenters. The summed E-state index contributed by atoms with van der Waals surface area (Å²) < 4.78 is 38.3. The molecule has 1 aliphatic rings. The highest BCUT2D eigenvalue weighted by Gasteiger charge is 2.39. The lowest BCUT2D eigenvalue weighted by atomic mass is 9.83. The summed E-state index contributed by atoms with van der Waals surface area (Å²) in [6.45, 7) is 7.62. The molecule has 33 heavy (non-hydrogen) atoms. The van der Waals surface area contributed by atoms with Gasteiger partial charge in [-0.2, -0.15) is 0 Å². The summed E-state index contributed by atoms with van der Waals surface area (Å²) in [7, 11) is -3.70. The SMILES string of the molecule is CCC1(CC)C[C@H](NC(=O)CN(c2cccc(OC(C)C)c2)S(C)(=O)=O)c2ccccc2O1. The summed E-state index contributed by atoms with van der Waals surface area (Å²) in [6.07, 6.45) is 3.28. The molecule has 2 aromatic rings. The molecule has 8 heteroatoms. The van der Waals surface area contributed by atoms with Crippen molar-refractivity contribution in [3.05, 3.63) is 54.1 Å². The van der Waals surface area contributed by atoms with Crippen LogP contribution in [0.1, 0.15) is 58.6 Å². The predicted molar refractivity (Wildman–Crippen MR) is 130 cm³/mol. The number of nitrogens with one attached hydrogen (secondary N) is 1. The second-order valence-electron chi connectivity index (χ2n) is 8.79. The first-order chi connectivity index (χ1) is 15.6. The fourth-order valence-corrected chi connectivity index (χ4v) is 5.03. The van der Waals surface area contributed by atoms with E-state index in [9.17, 15) is 13.2 Å². The molecule has 1 N–H and O–H groups in total. The minimum absolute atomic E-state index is 0.0544. The number of para-hydroxylation sites is 1. The molecule has 0 fully saturated rings. The van der Waals surface area contributed by atoms with Gasteiger partial charge < -0.3 is 14.8 Å². The van der Waals surface area contributed by atoms with Gasteiger partial charge in [-0.1, -0.05) is 38.1 Å². The molecule has 0 aliphatic carbocycles. The highest BCUT2D eigenvalue weighted by atomic mass is 32.2. The van der Waals surface area contributed by atoms with E-state index in [0.717, 1.165) is 34.7 Å². The molecule has 1 heterocycles. The summed E-state index contributed by atoms with van der Waals surface area (Å²) >= 11 is 0. The number of nitrogens with zero attached hydrogens (tertiary/aromatic N) is 1. The molecule has 0 aromatic heterocycles. The zero-order valence-electron chi connectivity index (χ0n) is 20.0. The number of ether oxygens (including phenoxy) is 2. The van der Waals surface area contributed by atoms with Crippen molar-refractivity contribution in [1.29, 1.82) is 0 Å². The molecular formula is C25H34N2O5S. The Kier molecular flexibility index (Phi) is 7.57. The van der Waals surface area contributed by atoms with Gasteiger partial charge in [0.1, 0.15) is 23.6 Å². The molecule has 2 aromatic carbocycles. The molecule has 180 valence electrons. The van der Waals surface area contributed by atoms with E-state index in [0.29, 0.717) is 17.9 Å². The summed E-state index contributed by atoms with van der Waals surface area (Å²) in [6, 6.07) is 14.2. The predicted octanol–water partition coefficient (Wildman–Crippen LogP) is 4.44. The van der Waals surface area contributed by atoms with Gasteiger partial charge in [-0.05, 0) is 44.9 Å². The Balaban J connectivity index is 1.84. The van der Waals surface area contributed by atoms with E-state index >= 15 is 0 Å². The molecular weight excluding hydrogens is 440 g/mol. The zero-order valence-corrected chi connectivity index (χ0v) is 20.8.